The molecule has 0 saturated heterocycles. The molecule has 2 aromatic heterocycles. The fraction of sp³-hybridized carbons (Fsp3) is 0. The monoisotopic (exact) mass is 443 g/mol. The molecule has 0 atom stereocenters. The summed E-state index contributed by atoms with van der Waals surface area (Å²) in [7, 11) is -3.76. The Morgan fingerprint density at radius 2 is 1.66 bits per heavy atom. The molecule has 0 amide bonds. The second kappa shape index (κ2) is 8.12. The van der Waals surface area contributed by atoms with Gasteiger partial charge in [0, 0.05) is 29.5 Å². The van der Waals surface area contributed by atoms with E-state index in [1.165, 1.54) is 0 Å². The minimum Gasteiger partial charge on any atom is -0.438 e. The Morgan fingerprint density at radius 3 is 2.41 bits per heavy atom. The first-order valence-corrected chi connectivity index (χ1v) is 11.2. The van der Waals surface area contributed by atoms with Gasteiger partial charge < -0.3 is 4.74 Å². The second-order valence-corrected chi connectivity index (χ2v) is 8.56. The number of fused-ring (bicyclic) bond motifs is 1. The number of imidazole rings is 1. The van der Waals surface area contributed by atoms with Gasteiger partial charge in [0.1, 0.15) is 12.1 Å². The lowest BCUT2D eigenvalue weighted by Gasteiger charge is -2.11. The van der Waals surface area contributed by atoms with Crippen LogP contribution in [0.25, 0.3) is 16.6 Å². The predicted octanol–water partition coefficient (Wildman–Crippen LogP) is 4.41. The molecule has 0 aliphatic heterocycles. The molecule has 0 spiro atoms. The maximum Gasteiger partial charge on any atom is 0.262 e. The summed E-state index contributed by atoms with van der Waals surface area (Å²) in [5.74, 6) is 1.44. The third kappa shape index (κ3) is 4.01. The molecule has 2 heterocycles. The smallest absolute Gasteiger partial charge is 0.262 e. The Morgan fingerprint density at radius 1 is 0.844 bits per heavy atom. The maximum absolute atomic E-state index is 13.0. The summed E-state index contributed by atoms with van der Waals surface area (Å²) in [6.45, 7) is 0. The van der Waals surface area contributed by atoms with Gasteiger partial charge in [-0.05, 0) is 41.8 Å². The van der Waals surface area contributed by atoms with Crippen LogP contribution >= 0.6 is 0 Å². The number of aromatic nitrogens is 4. The van der Waals surface area contributed by atoms with E-state index in [1.807, 2.05) is 24.3 Å². The number of ether oxygens (including phenoxy) is 1. The molecule has 5 rings (SSSR count). The van der Waals surface area contributed by atoms with Crippen molar-refractivity contribution in [2.24, 2.45) is 0 Å². The van der Waals surface area contributed by atoms with Gasteiger partial charge in [0.05, 0.1) is 4.90 Å². The summed E-state index contributed by atoms with van der Waals surface area (Å²) in [6, 6.07) is 22.6. The van der Waals surface area contributed by atoms with E-state index in [2.05, 4.69) is 19.9 Å². The SMILES string of the molecule is O=S(=O)(Nc1ccc(Oc2ccc(-n3ccnc3)nn2)cc1)c1cccc2ccccc12. The van der Waals surface area contributed by atoms with Gasteiger partial charge in [0.15, 0.2) is 5.82 Å². The number of benzene rings is 3. The maximum atomic E-state index is 13.0. The molecule has 1 N–H and O–H groups in total. The molecular formula is C23H17N5O3S. The average Bonchev–Trinajstić information content (AvgIpc) is 3.35. The van der Waals surface area contributed by atoms with Crippen molar-refractivity contribution in [2.45, 2.75) is 4.90 Å². The van der Waals surface area contributed by atoms with Crippen LogP contribution in [0.4, 0.5) is 5.69 Å². The molecule has 0 bridgehead atoms. The van der Waals surface area contributed by atoms with Gasteiger partial charge in [-0.15, -0.1) is 10.2 Å². The molecule has 0 fully saturated rings. The van der Waals surface area contributed by atoms with Crippen molar-refractivity contribution in [1.82, 2.24) is 19.7 Å². The Labute approximate surface area is 184 Å². The fourth-order valence-corrected chi connectivity index (χ4v) is 4.54. The van der Waals surface area contributed by atoms with Crippen LogP contribution in [0.5, 0.6) is 11.6 Å². The number of sulfonamides is 1. The summed E-state index contributed by atoms with van der Waals surface area (Å²) in [6.07, 6.45) is 5.05. The third-order valence-corrected chi connectivity index (χ3v) is 6.20. The average molecular weight is 443 g/mol. The summed E-state index contributed by atoms with van der Waals surface area (Å²) < 4.78 is 36.0. The summed E-state index contributed by atoms with van der Waals surface area (Å²) in [5.41, 5.74) is 0.423. The molecule has 0 aliphatic rings. The van der Waals surface area contributed by atoms with Gasteiger partial charge in [-0.25, -0.2) is 13.4 Å². The summed E-state index contributed by atoms with van der Waals surface area (Å²) in [5, 5.41) is 9.67. The highest BCUT2D eigenvalue weighted by Crippen LogP contribution is 2.26. The number of nitrogens with zero attached hydrogens (tertiary/aromatic N) is 4. The summed E-state index contributed by atoms with van der Waals surface area (Å²) in [4.78, 5) is 4.20. The van der Waals surface area contributed by atoms with Crippen LogP contribution in [-0.4, -0.2) is 28.2 Å². The van der Waals surface area contributed by atoms with Gasteiger partial charge in [0.2, 0.25) is 5.88 Å². The standard InChI is InChI=1S/C23H17N5O3S/c29-32(30,21-7-3-5-17-4-1-2-6-20(17)21)27-18-8-10-19(11-9-18)31-23-13-12-22(25-26-23)28-15-14-24-16-28/h1-16,27H. The van der Waals surface area contributed by atoms with Crippen LogP contribution in [0.2, 0.25) is 0 Å². The van der Waals surface area contributed by atoms with Crippen molar-refractivity contribution in [3.63, 3.8) is 0 Å². The van der Waals surface area contributed by atoms with Gasteiger partial charge in [0.25, 0.3) is 10.0 Å². The van der Waals surface area contributed by atoms with Crippen LogP contribution in [0.1, 0.15) is 0 Å². The lowest BCUT2D eigenvalue weighted by atomic mass is 10.1. The lowest BCUT2D eigenvalue weighted by molar-refractivity contribution is 0.454. The number of rotatable bonds is 6. The molecule has 3 aromatic carbocycles. The van der Waals surface area contributed by atoms with E-state index in [9.17, 15) is 8.42 Å². The first kappa shape index (κ1) is 19.7. The Kier molecular flexibility index (Phi) is 5.00. The molecule has 0 radical (unpaired) electrons. The number of hydrogen-bond donors (Lipinski definition) is 1. The zero-order valence-corrected chi connectivity index (χ0v) is 17.5. The first-order chi connectivity index (χ1) is 15.6. The largest absolute Gasteiger partial charge is 0.438 e. The molecule has 0 saturated carbocycles. The van der Waals surface area contributed by atoms with Gasteiger partial charge in [-0.2, -0.15) is 0 Å². The minimum atomic E-state index is -3.76. The topological polar surface area (TPSA) is 99.0 Å². The normalized spacial score (nSPS) is 11.4. The highest BCUT2D eigenvalue weighted by molar-refractivity contribution is 7.93. The van der Waals surface area contributed by atoms with Crippen LogP contribution in [-0.2, 0) is 10.0 Å². The lowest BCUT2D eigenvalue weighted by Crippen LogP contribution is -2.13. The fourth-order valence-electron chi connectivity index (χ4n) is 3.25. The van der Waals surface area contributed by atoms with Crippen molar-refractivity contribution in [2.75, 3.05) is 4.72 Å². The van der Waals surface area contributed by atoms with Crippen LogP contribution in [0.15, 0.2) is 102 Å². The van der Waals surface area contributed by atoms with Crippen LogP contribution in [0, 0.1) is 0 Å². The minimum absolute atomic E-state index is 0.226. The van der Waals surface area contributed by atoms with Crippen molar-refractivity contribution in [1.29, 1.82) is 0 Å². The van der Waals surface area contributed by atoms with Gasteiger partial charge in [-0.1, -0.05) is 36.4 Å². The molecule has 0 unspecified atom stereocenters. The highest BCUT2D eigenvalue weighted by Gasteiger charge is 2.17. The van der Waals surface area contributed by atoms with Crippen LogP contribution in [0.3, 0.4) is 0 Å². The Hall–Kier alpha value is -4.24. The van der Waals surface area contributed by atoms with Gasteiger partial charge in [-0.3, -0.25) is 9.29 Å². The number of nitrogens with one attached hydrogen (secondary N) is 1. The van der Waals surface area contributed by atoms with Crippen molar-refractivity contribution in [3.8, 4) is 17.4 Å². The highest BCUT2D eigenvalue weighted by atomic mass is 32.2. The van der Waals surface area contributed by atoms with Crippen molar-refractivity contribution >= 4 is 26.5 Å². The molecule has 158 valence electrons. The molecule has 9 heteroatoms. The van der Waals surface area contributed by atoms with Crippen molar-refractivity contribution < 1.29 is 13.2 Å². The van der Waals surface area contributed by atoms with E-state index in [0.29, 0.717) is 28.5 Å². The number of hydrogen-bond acceptors (Lipinski definition) is 6. The van der Waals surface area contributed by atoms with E-state index >= 15 is 0 Å². The Balaban J connectivity index is 1.31. The van der Waals surface area contributed by atoms with E-state index < -0.39 is 10.0 Å². The molecule has 8 nitrogen and oxygen atoms in total. The van der Waals surface area contributed by atoms with E-state index in [1.54, 1.807) is 77.9 Å². The zero-order valence-electron chi connectivity index (χ0n) is 16.7. The Bertz CT molecular complexity index is 1460. The van der Waals surface area contributed by atoms with Crippen molar-refractivity contribution in [3.05, 3.63) is 97.6 Å². The second-order valence-electron chi connectivity index (χ2n) is 6.91. The van der Waals surface area contributed by atoms with Gasteiger partial charge >= 0.3 is 0 Å². The van der Waals surface area contributed by atoms with E-state index in [-0.39, 0.29) is 4.90 Å². The number of anilines is 1. The van der Waals surface area contributed by atoms with E-state index in [0.717, 1.165) is 5.39 Å². The predicted molar refractivity (Wildman–Crippen MR) is 120 cm³/mol. The third-order valence-electron chi connectivity index (χ3n) is 4.76. The molecular weight excluding hydrogens is 426 g/mol. The van der Waals surface area contributed by atoms with Crippen LogP contribution < -0.4 is 9.46 Å². The molecule has 32 heavy (non-hydrogen) atoms. The zero-order chi connectivity index (χ0) is 22.0. The molecule has 0 aliphatic carbocycles. The van der Waals surface area contributed by atoms with E-state index in [4.69, 9.17) is 4.74 Å². The molecule has 5 aromatic rings. The quantitative estimate of drug-likeness (QED) is 0.417. The first-order valence-electron chi connectivity index (χ1n) is 9.69. The summed E-state index contributed by atoms with van der Waals surface area (Å²) >= 11 is 0.